The lowest BCUT2D eigenvalue weighted by atomic mass is 10.0. The summed E-state index contributed by atoms with van der Waals surface area (Å²) in [4.78, 5) is 17.6. The molecule has 0 fully saturated rings. The van der Waals surface area contributed by atoms with E-state index in [4.69, 9.17) is 0 Å². The number of amides is 1. The first-order chi connectivity index (χ1) is 15.2. The highest BCUT2D eigenvalue weighted by Crippen LogP contribution is 2.28. The van der Waals surface area contributed by atoms with Gasteiger partial charge in [0.25, 0.3) is 5.91 Å². The molecular formula is C22H21F3N6O. The molecule has 166 valence electrons. The summed E-state index contributed by atoms with van der Waals surface area (Å²) < 4.78 is 41.4. The number of pyridine rings is 1. The van der Waals surface area contributed by atoms with E-state index in [2.05, 4.69) is 20.5 Å². The number of aromatic nitrogens is 5. The molecule has 10 heteroatoms. The van der Waals surface area contributed by atoms with E-state index in [1.807, 2.05) is 30.5 Å². The highest BCUT2D eigenvalue weighted by Gasteiger charge is 2.34. The normalized spacial score (nSPS) is 11.8. The van der Waals surface area contributed by atoms with Crippen LogP contribution in [0.4, 0.5) is 13.2 Å². The molecule has 0 unspecified atom stereocenters. The van der Waals surface area contributed by atoms with Gasteiger partial charge in [-0.05, 0) is 31.5 Å². The van der Waals surface area contributed by atoms with Crippen molar-refractivity contribution in [3.63, 3.8) is 0 Å². The second-order valence-corrected chi connectivity index (χ2v) is 7.48. The number of hydrogen-bond acceptors (Lipinski definition) is 4. The summed E-state index contributed by atoms with van der Waals surface area (Å²) >= 11 is 0. The van der Waals surface area contributed by atoms with Gasteiger partial charge in [0, 0.05) is 43.0 Å². The maximum absolute atomic E-state index is 12.9. The van der Waals surface area contributed by atoms with E-state index in [0.29, 0.717) is 35.4 Å². The fraction of sp³-hybridized carbons (Fsp3) is 0.273. The monoisotopic (exact) mass is 442 g/mol. The number of halogens is 3. The number of alkyl halides is 3. The Morgan fingerprint density at radius 1 is 1.19 bits per heavy atom. The maximum Gasteiger partial charge on any atom is 0.435 e. The Hall–Kier alpha value is -3.69. The minimum atomic E-state index is -4.47. The number of para-hydroxylation sites is 1. The average molecular weight is 442 g/mol. The number of carbonyl (C=O) groups excluding carboxylic acids is 1. The fourth-order valence-corrected chi connectivity index (χ4v) is 3.47. The van der Waals surface area contributed by atoms with Crippen molar-refractivity contribution in [1.82, 2.24) is 29.9 Å². The quantitative estimate of drug-likeness (QED) is 0.458. The molecule has 3 aromatic heterocycles. The summed E-state index contributed by atoms with van der Waals surface area (Å²) in [7, 11) is 1.80. The molecule has 1 amide bonds. The number of rotatable bonds is 6. The van der Waals surface area contributed by atoms with Crippen LogP contribution in [0.3, 0.4) is 0 Å². The third-order valence-corrected chi connectivity index (χ3v) is 5.07. The molecule has 0 spiro atoms. The van der Waals surface area contributed by atoms with E-state index >= 15 is 0 Å². The van der Waals surface area contributed by atoms with Crippen LogP contribution in [0.2, 0.25) is 0 Å². The van der Waals surface area contributed by atoms with E-state index < -0.39 is 11.9 Å². The molecule has 4 rings (SSSR count). The van der Waals surface area contributed by atoms with Crippen molar-refractivity contribution in [2.45, 2.75) is 26.1 Å². The lowest BCUT2D eigenvalue weighted by molar-refractivity contribution is -0.141. The standard InChI is InChI=1S/C22H21F3N6O/c1-14-10-20(22(23,24)25)29-31(14)9-5-8-26-21(32)17-11-19(15-12-27-30(2)13-15)28-18-7-4-3-6-16(17)18/h3-4,6-7,10-13H,5,8-9H2,1-2H3,(H,26,32). The topological polar surface area (TPSA) is 77.6 Å². The van der Waals surface area contributed by atoms with Crippen molar-refractivity contribution in [2.24, 2.45) is 7.05 Å². The molecule has 0 radical (unpaired) electrons. The van der Waals surface area contributed by atoms with E-state index in [9.17, 15) is 18.0 Å². The van der Waals surface area contributed by atoms with Crippen molar-refractivity contribution in [1.29, 1.82) is 0 Å². The Labute approximate surface area is 181 Å². The van der Waals surface area contributed by atoms with Gasteiger partial charge < -0.3 is 5.32 Å². The molecule has 32 heavy (non-hydrogen) atoms. The van der Waals surface area contributed by atoms with Crippen LogP contribution >= 0.6 is 0 Å². The third-order valence-electron chi connectivity index (χ3n) is 5.07. The van der Waals surface area contributed by atoms with Crippen LogP contribution in [-0.2, 0) is 19.8 Å². The molecule has 1 N–H and O–H groups in total. The Morgan fingerprint density at radius 2 is 1.97 bits per heavy atom. The van der Waals surface area contributed by atoms with Gasteiger partial charge in [-0.25, -0.2) is 4.98 Å². The average Bonchev–Trinajstić information content (AvgIpc) is 3.35. The fourth-order valence-electron chi connectivity index (χ4n) is 3.47. The maximum atomic E-state index is 12.9. The molecule has 4 aromatic rings. The third kappa shape index (κ3) is 4.48. The highest BCUT2D eigenvalue weighted by molar-refractivity contribution is 6.07. The van der Waals surface area contributed by atoms with Gasteiger partial charge in [0.05, 0.1) is 23.0 Å². The molecule has 1 aromatic carbocycles. The van der Waals surface area contributed by atoms with Crippen LogP contribution in [0.5, 0.6) is 0 Å². The minimum Gasteiger partial charge on any atom is -0.352 e. The lowest BCUT2D eigenvalue weighted by Gasteiger charge is -2.10. The molecule has 0 aliphatic carbocycles. The number of hydrogen-bond donors (Lipinski definition) is 1. The Bertz CT molecular complexity index is 1270. The molecule has 3 heterocycles. The van der Waals surface area contributed by atoms with Crippen molar-refractivity contribution in [2.75, 3.05) is 6.54 Å². The van der Waals surface area contributed by atoms with E-state index in [0.717, 1.165) is 17.0 Å². The van der Waals surface area contributed by atoms with Crippen molar-refractivity contribution < 1.29 is 18.0 Å². The van der Waals surface area contributed by atoms with Crippen molar-refractivity contribution >= 4 is 16.8 Å². The minimum absolute atomic E-state index is 0.264. The van der Waals surface area contributed by atoms with Crippen molar-refractivity contribution in [3.8, 4) is 11.3 Å². The SMILES string of the molecule is Cc1cc(C(F)(F)F)nn1CCCNC(=O)c1cc(-c2cnn(C)c2)nc2ccccc12. The zero-order valence-electron chi connectivity index (χ0n) is 17.5. The van der Waals surface area contributed by atoms with Gasteiger partial charge >= 0.3 is 6.18 Å². The van der Waals surface area contributed by atoms with Gasteiger partial charge in [0.2, 0.25) is 0 Å². The second-order valence-electron chi connectivity index (χ2n) is 7.48. The smallest absolute Gasteiger partial charge is 0.352 e. The highest BCUT2D eigenvalue weighted by atomic mass is 19.4. The first kappa shape index (κ1) is 21.5. The summed E-state index contributed by atoms with van der Waals surface area (Å²) in [5.41, 5.74) is 2.10. The van der Waals surface area contributed by atoms with Gasteiger partial charge in [-0.15, -0.1) is 0 Å². The molecule has 0 atom stereocenters. The molecule has 0 bridgehead atoms. The van der Waals surface area contributed by atoms with Gasteiger partial charge in [-0.1, -0.05) is 18.2 Å². The summed E-state index contributed by atoms with van der Waals surface area (Å²) in [6.07, 6.45) is -0.538. The van der Waals surface area contributed by atoms with Crippen LogP contribution < -0.4 is 5.32 Å². The second kappa shape index (κ2) is 8.45. The van der Waals surface area contributed by atoms with Gasteiger partial charge in [0.1, 0.15) is 0 Å². The Morgan fingerprint density at radius 3 is 2.66 bits per heavy atom. The molecule has 0 aliphatic heterocycles. The first-order valence-electron chi connectivity index (χ1n) is 10.0. The predicted molar refractivity (Wildman–Crippen MR) is 113 cm³/mol. The molecule has 0 saturated heterocycles. The van der Waals surface area contributed by atoms with Crippen LogP contribution in [0, 0.1) is 6.92 Å². The molecule has 7 nitrogen and oxygen atoms in total. The van der Waals surface area contributed by atoms with Crippen LogP contribution in [0.25, 0.3) is 22.2 Å². The summed E-state index contributed by atoms with van der Waals surface area (Å²) in [6, 6.07) is 10.1. The number of aryl methyl sites for hydroxylation is 3. The zero-order valence-corrected chi connectivity index (χ0v) is 17.5. The summed E-state index contributed by atoms with van der Waals surface area (Å²) in [6.45, 7) is 2.13. The number of fused-ring (bicyclic) bond motifs is 1. The van der Waals surface area contributed by atoms with Crippen molar-refractivity contribution in [3.05, 3.63) is 65.7 Å². The molecule has 0 saturated carbocycles. The lowest BCUT2D eigenvalue weighted by Crippen LogP contribution is -2.26. The van der Waals surface area contributed by atoms with Crippen LogP contribution in [0.1, 0.15) is 28.2 Å². The summed E-state index contributed by atoms with van der Waals surface area (Å²) in [5.74, 6) is -0.276. The predicted octanol–water partition coefficient (Wildman–Crippen LogP) is 3.98. The number of carbonyl (C=O) groups is 1. The number of benzene rings is 1. The summed E-state index contributed by atoms with van der Waals surface area (Å²) in [5, 5.41) is 11.3. The molecular weight excluding hydrogens is 421 g/mol. The largest absolute Gasteiger partial charge is 0.435 e. The Kier molecular flexibility index (Phi) is 5.68. The number of nitrogens with one attached hydrogen (secondary N) is 1. The van der Waals surface area contributed by atoms with Crippen LogP contribution in [0.15, 0.2) is 48.8 Å². The first-order valence-corrected chi connectivity index (χ1v) is 10.0. The van der Waals surface area contributed by atoms with E-state index in [1.54, 1.807) is 30.9 Å². The zero-order chi connectivity index (χ0) is 22.9. The van der Waals surface area contributed by atoms with E-state index in [-0.39, 0.29) is 12.5 Å². The van der Waals surface area contributed by atoms with Gasteiger partial charge in [-0.3, -0.25) is 14.2 Å². The Balaban J connectivity index is 1.48. The molecule has 0 aliphatic rings. The van der Waals surface area contributed by atoms with Gasteiger partial charge in [-0.2, -0.15) is 23.4 Å². The van der Waals surface area contributed by atoms with Gasteiger partial charge in [0.15, 0.2) is 5.69 Å². The van der Waals surface area contributed by atoms with E-state index in [1.165, 1.54) is 4.68 Å². The number of nitrogens with zero attached hydrogens (tertiary/aromatic N) is 5. The van der Waals surface area contributed by atoms with Crippen LogP contribution in [-0.4, -0.2) is 37.0 Å².